The Kier molecular flexibility index (Phi) is 4.20. The Morgan fingerprint density at radius 1 is 1.07 bits per heavy atom. The zero-order valence-corrected chi connectivity index (χ0v) is 16.2. The quantitative estimate of drug-likeness (QED) is 0.673. The Bertz CT molecular complexity index is 1220. The summed E-state index contributed by atoms with van der Waals surface area (Å²) in [7, 11) is 1.55. The number of rotatable bonds is 3. The first-order valence-electron chi connectivity index (χ1n) is 9.64. The molecule has 30 heavy (non-hydrogen) atoms. The Labute approximate surface area is 171 Å². The van der Waals surface area contributed by atoms with Gasteiger partial charge < -0.3 is 9.64 Å². The lowest BCUT2D eigenvalue weighted by molar-refractivity contribution is -0.136. The van der Waals surface area contributed by atoms with Crippen molar-refractivity contribution in [2.75, 3.05) is 7.11 Å². The van der Waals surface area contributed by atoms with E-state index in [0.29, 0.717) is 30.1 Å². The highest BCUT2D eigenvalue weighted by Gasteiger charge is 2.39. The minimum atomic E-state index is -0.638. The summed E-state index contributed by atoms with van der Waals surface area (Å²) in [5.74, 6) is -0.526. The van der Waals surface area contributed by atoms with Gasteiger partial charge >= 0.3 is 0 Å². The Morgan fingerprint density at radius 2 is 1.83 bits per heavy atom. The summed E-state index contributed by atoms with van der Waals surface area (Å²) >= 11 is 0. The second kappa shape index (κ2) is 6.91. The number of methoxy groups -OCH3 is 1. The van der Waals surface area contributed by atoms with Crippen molar-refractivity contribution in [3.8, 4) is 17.1 Å². The van der Waals surface area contributed by atoms with Crippen molar-refractivity contribution in [1.29, 1.82) is 0 Å². The first-order chi connectivity index (χ1) is 14.5. The molecule has 1 atom stereocenters. The van der Waals surface area contributed by atoms with Gasteiger partial charge in [-0.1, -0.05) is 18.2 Å². The molecule has 3 amide bonds. The lowest BCUT2D eigenvalue weighted by Gasteiger charge is -2.29. The molecule has 1 fully saturated rings. The number of benzene rings is 2. The maximum absolute atomic E-state index is 12.9. The molecular weight excluding hydrogens is 384 g/mol. The molecule has 5 rings (SSSR count). The monoisotopic (exact) mass is 402 g/mol. The summed E-state index contributed by atoms with van der Waals surface area (Å²) < 4.78 is 5.45. The fourth-order valence-corrected chi connectivity index (χ4v) is 4.04. The van der Waals surface area contributed by atoms with Gasteiger partial charge in [0, 0.05) is 24.1 Å². The van der Waals surface area contributed by atoms with Gasteiger partial charge in [0.05, 0.1) is 18.1 Å². The molecule has 1 saturated heterocycles. The van der Waals surface area contributed by atoms with Crippen LogP contribution in [0.2, 0.25) is 0 Å². The molecule has 2 aliphatic heterocycles. The molecule has 150 valence electrons. The molecule has 1 unspecified atom stereocenters. The van der Waals surface area contributed by atoms with E-state index in [1.165, 1.54) is 4.90 Å². The largest absolute Gasteiger partial charge is 0.479 e. The molecule has 3 heterocycles. The maximum atomic E-state index is 12.9. The Balaban J connectivity index is 1.51. The molecule has 2 aliphatic rings. The number of ether oxygens (including phenoxy) is 1. The topological polar surface area (TPSA) is 101 Å². The van der Waals surface area contributed by atoms with E-state index in [9.17, 15) is 14.4 Å². The standard InChI is InChI=1S/C22H18N4O4/c1-30-21-19(23-15-4-2-3-5-16(15)24-21)12-6-7-14-13(10-12)11-26(22(14)29)17-8-9-18(27)25-20(17)28/h2-7,10,17H,8-9,11H2,1H3,(H,25,27,28). The van der Waals surface area contributed by atoms with Gasteiger partial charge in [0.25, 0.3) is 5.91 Å². The van der Waals surface area contributed by atoms with Crippen LogP contribution in [0.3, 0.4) is 0 Å². The fourth-order valence-electron chi connectivity index (χ4n) is 4.04. The van der Waals surface area contributed by atoms with Crippen LogP contribution in [0.25, 0.3) is 22.3 Å². The molecule has 1 N–H and O–H groups in total. The van der Waals surface area contributed by atoms with Gasteiger partial charge in [-0.3, -0.25) is 19.7 Å². The zero-order chi connectivity index (χ0) is 20.8. The number of nitrogens with zero attached hydrogens (tertiary/aromatic N) is 3. The van der Waals surface area contributed by atoms with Crippen molar-refractivity contribution < 1.29 is 19.1 Å². The van der Waals surface area contributed by atoms with Crippen molar-refractivity contribution in [1.82, 2.24) is 20.2 Å². The van der Waals surface area contributed by atoms with E-state index in [1.54, 1.807) is 13.2 Å². The predicted octanol–water partition coefficient (Wildman–Crippen LogP) is 2.07. The first kappa shape index (κ1) is 18.2. The minimum absolute atomic E-state index is 0.206. The highest BCUT2D eigenvalue weighted by molar-refractivity contribution is 6.05. The molecule has 8 heteroatoms. The van der Waals surface area contributed by atoms with E-state index in [1.807, 2.05) is 36.4 Å². The molecule has 0 saturated carbocycles. The summed E-state index contributed by atoms with van der Waals surface area (Å²) in [6.45, 7) is 0.303. The van der Waals surface area contributed by atoms with E-state index in [4.69, 9.17) is 9.72 Å². The molecule has 3 aromatic rings. The third kappa shape index (κ3) is 2.88. The second-order valence-corrected chi connectivity index (χ2v) is 7.34. The number of fused-ring (bicyclic) bond motifs is 2. The molecule has 8 nitrogen and oxygen atoms in total. The number of amides is 3. The Morgan fingerprint density at radius 3 is 2.57 bits per heavy atom. The van der Waals surface area contributed by atoms with Crippen LogP contribution in [0.1, 0.15) is 28.8 Å². The Hall–Kier alpha value is -3.81. The van der Waals surface area contributed by atoms with Gasteiger partial charge in [0.1, 0.15) is 11.7 Å². The van der Waals surface area contributed by atoms with Gasteiger partial charge in [-0.25, -0.2) is 9.97 Å². The predicted molar refractivity (Wildman–Crippen MR) is 108 cm³/mol. The number of carbonyl (C=O) groups excluding carboxylic acids is 3. The van der Waals surface area contributed by atoms with Crippen molar-refractivity contribution in [3.05, 3.63) is 53.6 Å². The highest BCUT2D eigenvalue weighted by Crippen LogP contribution is 2.34. The fraction of sp³-hybridized carbons (Fsp3) is 0.227. The van der Waals surface area contributed by atoms with Crippen molar-refractivity contribution in [2.45, 2.75) is 25.4 Å². The number of nitrogens with one attached hydrogen (secondary N) is 1. The molecule has 0 aliphatic carbocycles. The SMILES string of the molecule is COc1nc2ccccc2nc1-c1ccc2c(c1)CN(C1CCC(=O)NC1=O)C2=O. The first-order valence-corrected chi connectivity index (χ1v) is 9.64. The smallest absolute Gasteiger partial charge is 0.255 e. The van der Waals surface area contributed by atoms with Crippen LogP contribution >= 0.6 is 0 Å². The number of hydrogen-bond donors (Lipinski definition) is 1. The van der Waals surface area contributed by atoms with Crippen LogP contribution in [-0.2, 0) is 16.1 Å². The number of piperidine rings is 1. The van der Waals surface area contributed by atoms with E-state index < -0.39 is 11.9 Å². The molecule has 1 aromatic heterocycles. The highest BCUT2D eigenvalue weighted by atomic mass is 16.5. The lowest BCUT2D eigenvalue weighted by Crippen LogP contribution is -2.52. The number of carbonyl (C=O) groups is 3. The molecule has 2 aromatic carbocycles. The van der Waals surface area contributed by atoms with E-state index in [2.05, 4.69) is 10.3 Å². The molecular formula is C22H18N4O4. The third-order valence-electron chi connectivity index (χ3n) is 5.53. The molecule has 0 radical (unpaired) electrons. The van der Waals surface area contributed by atoms with E-state index in [-0.39, 0.29) is 18.2 Å². The van der Waals surface area contributed by atoms with Gasteiger partial charge in [0.15, 0.2) is 0 Å². The van der Waals surface area contributed by atoms with Gasteiger partial charge in [-0.2, -0.15) is 0 Å². The number of para-hydroxylation sites is 2. The average molecular weight is 402 g/mol. The van der Waals surface area contributed by atoms with Gasteiger partial charge in [-0.05, 0) is 36.2 Å². The lowest BCUT2D eigenvalue weighted by atomic mass is 10.0. The number of aromatic nitrogens is 2. The van der Waals surface area contributed by atoms with Gasteiger partial charge in [-0.15, -0.1) is 0 Å². The summed E-state index contributed by atoms with van der Waals surface area (Å²) in [5, 5.41) is 2.32. The third-order valence-corrected chi connectivity index (χ3v) is 5.53. The van der Waals surface area contributed by atoms with Crippen LogP contribution in [0, 0.1) is 0 Å². The van der Waals surface area contributed by atoms with Gasteiger partial charge in [0.2, 0.25) is 17.7 Å². The summed E-state index contributed by atoms with van der Waals surface area (Å²) in [6, 6.07) is 12.3. The summed E-state index contributed by atoms with van der Waals surface area (Å²) in [5.41, 5.74) is 4.21. The molecule has 0 bridgehead atoms. The second-order valence-electron chi connectivity index (χ2n) is 7.34. The zero-order valence-electron chi connectivity index (χ0n) is 16.2. The number of imide groups is 1. The van der Waals surface area contributed by atoms with Crippen LogP contribution < -0.4 is 10.1 Å². The van der Waals surface area contributed by atoms with Crippen LogP contribution in [0.4, 0.5) is 0 Å². The van der Waals surface area contributed by atoms with Crippen LogP contribution in [0.5, 0.6) is 5.88 Å². The summed E-state index contributed by atoms with van der Waals surface area (Å²) in [6.07, 6.45) is 0.562. The van der Waals surface area contributed by atoms with Crippen molar-refractivity contribution in [2.24, 2.45) is 0 Å². The normalized spacial score (nSPS) is 18.5. The van der Waals surface area contributed by atoms with Crippen molar-refractivity contribution >= 4 is 28.8 Å². The van der Waals surface area contributed by atoms with E-state index in [0.717, 1.165) is 22.2 Å². The minimum Gasteiger partial charge on any atom is -0.479 e. The average Bonchev–Trinajstić information content (AvgIpc) is 3.08. The maximum Gasteiger partial charge on any atom is 0.255 e. The van der Waals surface area contributed by atoms with Crippen LogP contribution in [0.15, 0.2) is 42.5 Å². The summed E-state index contributed by atoms with van der Waals surface area (Å²) in [4.78, 5) is 47.3. The van der Waals surface area contributed by atoms with Crippen LogP contribution in [-0.4, -0.2) is 45.7 Å². The molecule has 0 spiro atoms. The number of hydrogen-bond acceptors (Lipinski definition) is 6. The van der Waals surface area contributed by atoms with E-state index >= 15 is 0 Å². The van der Waals surface area contributed by atoms with Crippen molar-refractivity contribution in [3.63, 3.8) is 0 Å².